The molecule has 0 saturated carbocycles. The molecular formula is C64H77ClF3N9O9S3. The number of hydrogen-bond donors (Lipinski definition) is 4. The monoisotopic (exact) mass is 1300 g/mol. The molecule has 0 bridgehead atoms. The third-order valence-electron chi connectivity index (χ3n) is 17.4. The van der Waals surface area contributed by atoms with Crippen molar-refractivity contribution in [2.75, 3.05) is 132 Å². The van der Waals surface area contributed by atoms with Crippen LogP contribution in [0.3, 0.4) is 0 Å². The molecule has 18 nitrogen and oxygen atoms in total. The van der Waals surface area contributed by atoms with Gasteiger partial charge < -0.3 is 34.8 Å². The van der Waals surface area contributed by atoms with E-state index in [2.05, 4.69) is 59.5 Å². The van der Waals surface area contributed by atoms with Crippen molar-refractivity contribution in [3.05, 3.63) is 137 Å². The van der Waals surface area contributed by atoms with Gasteiger partial charge in [-0.25, -0.2) is 21.6 Å². The van der Waals surface area contributed by atoms with Crippen LogP contribution >= 0.6 is 23.4 Å². The first-order valence-corrected chi connectivity index (χ1v) is 34.5. The van der Waals surface area contributed by atoms with E-state index >= 15 is 0 Å². The van der Waals surface area contributed by atoms with E-state index in [0.717, 1.165) is 113 Å². The summed E-state index contributed by atoms with van der Waals surface area (Å²) in [4.78, 5) is 48.6. The molecule has 10 rings (SSSR count). The standard InChI is InChI=1S/C64H77ClF3N9O9S3/c1-63(44-75-30-34-77(35-31-75)51-17-21-58(85-2)57(39-51)70-56-20-22-60(78)71-62(56)80)25-23-54(45-9-13-48(65)14-10-45)47(41-63)42-74-28-32-76(33-29-74)50-15-11-46(12-16-50)61(79)72-89(83,84)53-18-19-55(59(40-53)88(81,82)64(66,67)68)69-49(43-87-52-7-4-3-5-8-52)24-27-73-26-6-37-86-38-36-73/h3-5,7-19,21,39-40,49,56,69-70H,6,20,22-38,41-44H2,1-2H3,(H,72,79)(H,71,78,80)/t49-,56?,63-/m1/s1. The molecule has 0 radical (unpaired) electrons. The lowest BCUT2D eigenvalue weighted by molar-refractivity contribution is -0.133. The lowest BCUT2D eigenvalue weighted by atomic mass is 9.71. The number of alkyl halides is 3. The fraction of sp³-hybridized carbons (Fsp3) is 0.453. The molecule has 89 heavy (non-hydrogen) atoms. The molecule has 5 aliphatic rings. The summed E-state index contributed by atoms with van der Waals surface area (Å²) in [5.74, 6) is -0.671. The number of sulfone groups is 1. The van der Waals surface area contributed by atoms with Gasteiger partial charge in [-0.05, 0) is 140 Å². The van der Waals surface area contributed by atoms with Crippen molar-refractivity contribution in [1.29, 1.82) is 0 Å². The Kier molecular flexibility index (Phi) is 21.2. The van der Waals surface area contributed by atoms with Crippen molar-refractivity contribution in [2.24, 2.45) is 5.41 Å². The van der Waals surface area contributed by atoms with Gasteiger partial charge in [-0.3, -0.25) is 29.5 Å². The molecular weight excluding hydrogens is 1230 g/mol. The van der Waals surface area contributed by atoms with Gasteiger partial charge in [0.15, 0.2) is 0 Å². The minimum Gasteiger partial charge on any atom is -0.495 e. The Balaban J connectivity index is 0.757. The number of amides is 3. The van der Waals surface area contributed by atoms with E-state index in [1.54, 1.807) is 19.2 Å². The van der Waals surface area contributed by atoms with Crippen LogP contribution in [0.5, 0.6) is 5.75 Å². The number of sulfonamides is 1. The van der Waals surface area contributed by atoms with Crippen LogP contribution in [0.2, 0.25) is 5.02 Å². The summed E-state index contributed by atoms with van der Waals surface area (Å²) >= 11 is 7.82. The number of nitrogens with one attached hydrogen (secondary N) is 4. The van der Waals surface area contributed by atoms with Crippen LogP contribution in [0.25, 0.3) is 5.57 Å². The second-order valence-corrected chi connectivity index (χ2v) is 28.9. The summed E-state index contributed by atoms with van der Waals surface area (Å²) in [6.07, 6.45) is 4.81. The van der Waals surface area contributed by atoms with Gasteiger partial charge in [0.2, 0.25) is 11.8 Å². The molecule has 4 N–H and O–H groups in total. The summed E-state index contributed by atoms with van der Waals surface area (Å²) in [6.45, 7) is 13.6. The maximum absolute atomic E-state index is 14.4. The average Bonchev–Trinajstić information content (AvgIpc) is 1.19. The number of nitrogens with zero attached hydrogens (tertiary/aromatic N) is 5. The van der Waals surface area contributed by atoms with E-state index in [0.29, 0.717) is 80.5 Å². The molecule has 3 atom stereocenters. The highest BCUT2D eigenvalue weighted by atomic mass is 35.5. The van der Waals surface area contributed by atoms with Crippen LogP contribution in [0.4, 0.5) is 35.9 Å². The van der Waals surface area contributed by atoms with Gasteiger partial charge in [-0.2, -0.15) is 13.2 Å². The third-order valence-corrected chi connectivity index (χ3v) is 21.6. The van der Waals surface area contributed by atoms with Crippen LogP contribution in [0.15, 0.2) is 136 Å². The van der Waals surface area contributed by atoms with Crippen LogP contribution in [0, 0.1) is 5.41 Å². The van der Waals surface area contributed by atoms with Crippen molar-refractivity contribution < 1.29 is 53.9 Å². The van der Waals surface area contributed by atoms with Gasteiger partial charge in [0, 0.05) is 137 Å². The number of benzene rings is 5. The van der Waals surface area contributed by atoms with Gasteiger partial charge in [-0.1, -0.05) is 54.4 Å². The lowest BCUT2D eigenvalue weighted by Crippen LogP contribution is -2.50. The maximum atomic E-state index is 14.4. The van der Waals surface area contributed by atoms with E-state index < -0.39 is 58.8 Å². The molecule has 25 heteroatoms. The third kappa shape index (κ3) is 16.8. The highest BCUT2D eigenvalue weighted by Gasteiger charge is 2.49. The fourth-order valence-corrected chi connectivity index (χ4v) is 15.6. The predicted molar refractivity (Wildman–Crippen MR) is 342 cm³/mol. The fourth-order valence-electron chi connectivity index (χ4n) is 12.5. The zero-order valence-corrected chi connectivity index (χ0v) is 53.2. The van der Waals surface area contributed by atoms with Crippen LogP contribution in [-0.4, -0.2) is 178 Å². The minimum absolute atomic E-state index is 0.0236. The Morgan fingerprint density at radius 3 is 2.19 bits per heavy atom. The van der Waals surface area contributed by atoms with E-state index in [4.69, 9.17) is 21.1 Å². The largest absolute Gasteiger partial charge is 0.501 e. The first-order chi connectivity index (χ1) is 42.6. The van der Waals surface area contributed by atoms with Gasteiger partial charge in [0.1, 0.15) is 16.7 Å². The molecule has 4 fully saturated rings. The van der Waals surface area contributed by atoms with Crippen LogP contribution in [0.1, 0.15) is 67.8 Å². The molecule has 5 aromatic rings. The van der Waals surface area contributed by atoms with E-state index in [1.165, 1.54) is 40.6 Å². The van der Waals surface area contributed by atoms with Crippen molar-refractivity contribution in [3.8, 4) is 5.75 Å². The number of allylic oxidation sites excluding steroid dienone is 1. The van der Waals surface area contributed by atoms with Crippen molar-refractivity contribution in [2.45, 2.75) is 84.1 Å². The number of halogens is 4. The van der Waals surface area contributed by atoms with Gasteiger partial charge in [0.25, 0.3) is 25.8 Å². The number of imide groups is 1. The molecule has 3 amide bonds. The number of carbonyl (C=O) groups is 3. The number of ether oxygens (including phenoxy) is 2. The zero-order chi connectivity index (χ0) is 62.9. The zero-order valence-electron chi connectivity index (χ0n) is 50.0. The Bertz CT molecular complexity index is 3570. The minimum atomic E-state index is -6.10. The van der Waals surface area contributed by atoms with Crippen molar-refractivity contribution in [1.82, 2.24) is 24.7 Å². The second kappa shape index (κ2) is 28.8. The molecule has 1 unspecified atom stereocenters. The molecule has 4 heterocycles. The van der Waals surface area contributed by atoms with Crippen molar-refractivity contribution >= 4 is 89.3 Å². The van der Waals surface area contributed by atoms with Crippen LogP contribution < -0.4 is 35.2 Å². The molecule has 1 aliphatic carbocycles. The maximum Gasteiger partial charge on any atom is 0.501 e. The smallest absolute Gasteiger partial charge is 0.495 e. The number of carbonyl (C=O) groups excluding carboxylic acids is 3. The Morgan fingerprint density at radius 2 is 1.49 bits per heavy atom. The topological polar surface area (TPSA) is 202 Å². The molecule has 0 aromatic heterocycles. The number of methoxy groups -OCH3 is 1. The normalized spacial score (nSPS) is 20.8. The molecule has 4 aliphatic heterocycles. The highest BCUT2D eigenvalue weighted by Crippen LogP contribution is 2.45. The van der Waals surface area contributed by atoms with E-state index in [-0.39, 0.29) is 29.2 Å². The van der Waals surface area contributed by atoms with E-state index in [1.807, 2.05) is 65.4 Å². The number of piperidine rings is 1. The second-order valence-electron chi connectivity index (χ2n) is 23.8. The number of thioether (sulfide) groups is 1. The summed E-state index contributed by atoms with van der Waals surface area (Å²) < 4.78 is 110. The number of piperazine rings is 2. The van der Waals surface area contributed by atoms with Crippen molar-refractivity contribution in [3.63, 3.8) is 0 Å². The SMILES string of the molecule is COc1ccc(N2CCN(C[C@]3(C)CCC(c4ccc(Cl)cc4)=C(CN4CCN(c5ccc(C(=O)NS(=O)(=O)c6ccc(N[C@H](CCN7CCCOCC7)CSc7ccccc7)c(S(=O)(=O)C(F)(F)F)c6)cc5)CC4)C3)CC2)cc1NC1CCC(=O)NC1=O. The highest BCUT2D eigenvalue weighted by molar-refractivity contribution is 7.99. The molecule has 478 valence electrons. The molecule has 0 spiro atoms. The summed E-state index contributed by atoms with van der Waals surface area (Å²) in [7, 11) is -9.40. The van der Waals surface area contributed by atoms with E-state index in [9.17, 15) is 44.4 Å². The molecule has 4 saturated heterocycles. The number of anilines is 4. The quantitative estimate of drug-likeness (QED) is 0.0377. The Hall–Kier alpha value is -6.38. The Labute approximate surface area is 528 Å². The van der Waals surface area contributed by atoms with Gasteiger partial charge >= 0.3 is 5.51 Å². The van der Waals surface area contributed by atoms with Crippen LogP contribution in [-0.2, 0) is 34.2 Å². The summed E-state index contributed by atoms with van der Waals surface area (Å²) in [5.41, 5.74) is 0.315. The average molecular weight is 1310 g/mol. The molecule has 5 aromatic carbocycles. The first-order valence-electron chi connectivity index (χ1n) is 30.2. The number of hydrogen-bond acceptors (Lipinski definition) is 17. The Morgan fingerprint density at radius 1 is 0.798 bits per heavy atom. The first kappa shape index (κ1) is 65.6. The van der Waals surface area contributed by atoms with Gasteiger partial charge in [-0.15, -0.1) is 11.8 Å². The van der Waals surface area contributed by atoms with Gasteiger partial charge in [0.05, 0.1) is 30.0 Å². The lowest BCUT2D eigenvalue weighted by Gasteiger charge is -2.44. The summed E-state index contributed by atoms with van der Waals surface area (Å²) in [5, 5.41) is 9.43. The number of rotatable bonds is 22. The predicted octanol–water partition coefficient (Wildman–Crippen LogP) is 9.25. The summed E-state index contributed by atoms with van der Waals surface area (Å²) in [6, 6.07) is 31.2.